The van der Waals surface area contributed by atoms with Crippen LogP contribution in [-0.2, 0) is 4.79 Å². The molecule has 0 aromatic carbocycles. The van der Waals surface area contributed by atoms with Crippen LogP contribution in [0.3, 0.4) is 0 Å². The van der Waals surface area contributed by atoms with Crippen LogP contribution < -0.4 is 15.8 Å². The van der Waals surface area contributed by atoms with Gasteiger partial charge in [-0.3, -0.25) is 4.79 Å². The maximum atomic E-state index is 12.2. The van der Waals surface area contributed by atoms with Crippen LogP contribution in [0.4, 0.5) is 0 Å². The van der Waals surface area contributed by atoms with Crippen LogP contribution >= 0.6 is 23.2 Å². The van der Waals surface area contributed by atoms with Crippen molar-refractivity contribution in [3.63, 3.8) is 0 Å². The van der Waals surface area contributed by atoms with Gasteiger partial charge in [-0.05, 0) is 25.8 Å². The van der Waals surface area contributed by atoms with E-state index in [2.05, 4.69) is 10.3 Å². The number of amides is 1. The zero-order valence-electron chi connectivity index (χ0n) is 12.6. The summed E-state index contributed by atoms with van der Waals surface area (Å²) in [7, 11) is 0. The van der Waals surface area contributed by atoms with Crippen molar-refractivity contribution in [2.24, 2.45) is 11.7 Å². The zero-order valence-corrected chi connectivity index (χ0v) is 14.1. The van der Waals surface area contributed by atoms with Gasteiger partial charge in [0.15, 0.2) is 0 Å². The summed E-state index contributed by atoms with van der Waals surface area (Å²) in [6.07, 6.45) is 5.31. The minimum absolute atomic E-state index is 0.0107. The van der Waals surface area contributed by atoms with Crippen LogP contribution in [0, 0.1) is 5.92 Å². The van der Waals surface area contributed by atoms with Crippen LogP contribution in [0.1, 0.15) is 32.6 Å². The summed E-state index contributed by atoms with van der Waals surface area (Å²) in [5, 5.41) is 3.67. The van der Waals surface area contributed by atoms with Crippen molar-refractivity contribution in [3.8, 4) is 5.88 Å². The summed E-state index contributed by atoms with van der Waals surface area (Å²) in [4.78, 5) is 16.2. The molecule has 5 nitrogen and oxygen atoms in total. The van der Waals surface area contributed by atoms with Gasteiger partial charge in [0.1, 0.15) is 11.6 Å². The monoisotopic (exact) mass is 345 g/mol. The Morgan fingerprint density at radius 2 is 2.32 bits per heavy atom. The Kier molecular flexibility index (Phi) is 5.89. The quantitative estimate of drug-likeness (QED) is 0.804. The molecule has 3 N–H and O–H groups in total. The number of carbonyl (C=O) groups is 1. The molecular formula is C15H21Cl2N3O2. The Hall–Kier alpha value is -1.04. The smallest absolute Gasteiger partial charge is 0.232 e. The van der Waals surface area contributed by atoms with E-state index in [0.717, 1.165) is 25.7 Å². The summed E-state index contributed by atoms with van der Waals surface area (Å²) in [6, 6.07) is 1.56. The first-order chi connectivity index (χ1) is 10.4. The molecule has 0 radical (unpaired) electrons. The molecule has 1 fully saturated rings. The first-order valence-electron chi connectivity index (χ1n) is 7.40. The molecule has 1 amide bonds. The van der Waals surface area contributed by atoms with Gasteiger partial charge in [0.05, 0.1) is 17.5 Å². The maximum absolute atomic E-state index is 12.2. The lowest BCUT2D eigenvalue weighted by atomic mass is 9.74. The third kappa shape index (κ3) is 4.48. The van der Waals surface area contributed by atoms with E-state index in [9.17, 15) is 4.79 Å². The zero-order chi connectivity index (χ0) is 16.2. The highest BCUT2D eigenvalue weighted by Crippen LogP contribution is 2.31. The second kappa shape index (κ2) is 7.49. The van der Waals surface area contributed by atoms with Crippen molar-refractivity contribution in [1.82, 2.24) is 10.3 Å². The normalized spacial score (nSPS) is 24.8. The van der Waals surface area contributed by atoms with Gasteiger partial charge in [0, 0.05) is 11.7 Å². The first-order valence-corrected chi connectivity index (χ1v) is 8.16. The van der Waals surface area contributed by atoms with Gasteiger partial charge in [-0.25, -0.2) is 4.98 Å². The van der Waals surface area contributed by atoms with Crippen LogP contribution in [0.2, 0.25) is 10.0 Å². The Labute approximate surface area is 140 Å². The highest BCUT2D eigenvalue weighted by Gasteiger charge is 2.37. The number of rotatable bonds is 5. The molecule has 1 aliphatic carbocycles. The Morgan fingerprint density at radius 1 is 1.55 bits per heavy atom. The molecule has 2 rings (SSSR count). The summed E-state index contributed by atoms with van der Waals surface area (Å²) in [5.41, 5.74) is 5.79. The van der Waals surface area contributed by atoms with E-state index in [1.807, 2.05) is 6.92 Å². The number of hydrogen-bond donors (Lipinski definition) is 2. The van der Waals surface area contributed by atoms with E-state index in [-0.39, 0.29) is 18.4 Å². The SMILES string of the molecule is CC1(N)CCCCC1C(=O)NCCOc1ncc(Cl)cc1Cl. The van der Waals surface area contributed by atoms with E-state index in [0.29, 0.717) is 22.5 Å². The average molecular weight is 346 g/mol. The summed E-state index contributed by atoms with van der Waals surface area (Å²) >= 11 is 11.7. The summed E-state index contributed by atoms with van der Waals surface area (Å²) < 4.78 is 5.43. The number of halogens is 2. The predicted octanol–water partition coefficient (Wildman–Crippen LogP) is 2.79. The maximum Gasteiger partial charge on any atom is 0.232 e. The number of aromatic nitrogens is 1. The van der Waals surface area contributed by atoms with Gasteiger partial charge < -0.3 is 15.8 Å². The third-order valence-electron chi connectivity index (χ3n) is 3.98. The largest absolute Gasteiger partial charge is 0.475 e. The van der Waals surface area contributed by atoms with Crippen molar-refractivity contribution in [3.05, 3.63) is 22.3 Å². The van der Waals surface area contributed by atoms with Crippen LogP contribution in [0.5, 0.6) is 5.88 Å². The fourth-order valence-electron chi connectivity index (χ4n) is 2.74. The fourth-order valence-corrected chi connectivity index (χ4v) is 3.18. The molecule has 1 aliphatic rings. The van der Waals surface area contributed by atoms with E-state index < -0.39 is 5.54 Å². The van der Waals surface area contributed by atoms with Crippen LogP contribution in [-0.4, -0.2) is 29.6 Å². The Bertz CT molecular complexity index is 538. The lowest BCUT2D eigenvalue weighted by Gasteiger charge is -2.37. The number of ether oxygens (including phenoxy) is 1. The molecule has 1 aromatic heterocycles. The van der Waals surface area contributed by atoms with Gasteiger partial charge in [0.2, 0.25) is 11.8 Å². The number of nitrogens with zero attached hydrogens (tertiary/aromatic N) is 1. The lowest BCUT2D eigenvalue weighted by molar-refractivity contribution is -0.128. The Morgan fingerprint density at radius 3 is 3.00 bits per heavy atom. The number of nitrogens with one attached hydrogen (secondary N) is 1. The van der Waals surface area contributed by atoms with Crippen LogP contribution in [0.15, 0.2) is 12.3 Å². The Balaban J connectivity index is 1.77. The number of hydrogen-bond acceptors (Lipinski definition) is 4. The molecule has 1 aromatic rings. The molecule has 0 saturated heterocycles. The number of nitrogens with two attached hydrogens (primary N) is 1. The second-order valence-electron chi connectivity index (χ2n) is 5.88. The van der Waals surface area contributed by atoms with E-state index >= 15 is 0 Å². The molecule has 7 heteroatoms. The standard InChI is InChI=1S/C15H21Cl2N3O2/c1-15(18)5-3-2-4-11(15)13(21)19-6-7-22-14-12(17)8-10(16)9-20-14/h8-9,11H,2-7,18H2,1H3,(H,19,21). The fraction of sp³-hybridized carbons (Fsp3) is 0.600. The highest BCUT2D eigenvalue weighted by molar-refractivity contribution is 6.35. The summed E-state index contributed by atoms with van der Waals surface area (Å²) in [6.45, 7) is 2.62. The van der Waals surface area contributed by atoms with Crippen molar-refractivity contribution in [2.75, 3.05) is 13.2 Å². The van der Waals surface area contributed by atoms with Gasteiger partial charge in [0.25, 0.3) is 0 Å². The minimum Gasteiger partial charge on any atom is -0.475 e. The molecule has 22 heavy (non-hydrogen) atoms. The van der Waals surface area contributed by atoms with Crippen molar-refractivity contribution >= 4 is 29.1 Å². The molecule has 1 heterocycles. The average Bonchev–Trinajstić information content (AvgIpc) is 2.44. The van der Waals surface area contributed by atoms with E-state index in [1.54, 1.807) is 6.07 Å². The van der Waals surface area contributed by atoms with E-state index in [4.69, 9.17) is 33.7 Å². The topological polar surface area (TPSA) is 77.2 Å². The third-order valence-corrected chi connectivity index (χ3v) is 4.46. The van der Waals surface area contributed by atoms with Gasteiger partial charge >= 0.3 is 0 Å². The van der Waals surface area contributed by atoms with Crippen LogP contribution in [0.25, 0.3) is 0 Å². The number of pyridine rings is 1. The van der Waals surface area contributed by atoms with Crippen molar-refractivity contribution < 1.29 is 9.53 Å². The second-order valence-corrected chi connectivity index (χ2v) is 6.73. The van der Waals surface area contributed by atoms with Crippen molar-refractivity contribution in [2.45, 2.75) is 38.1 Å². The minimum atomic E-state index is -0.426. The van der Waals surface area contributed by atoms with Gasteiger partial charge in [-0.2, -0.15) is 0 Å². The van der Waals surface area contributed by atoms with Gasteiger partial charge in [-0.15, -0.1) is 0 Å². The van der Waals surface area contributed by atoms with Crippen molar-refractivity contribution in [1.29, 1.82) is 0 Å². The molecule has 0 spiro atoms. The van der Waals surface area contributed by atoms with E-state index in [1.165, 1.54) is 6.20 Å². The first kappa shape index (κ1) is 17.3. The van der Waals surface area contributed by atoms with Gasteiger partial charge in [-0.1, -0.05) is 36.0 Å². The molecule has 0 aliphatic heterocycles. The molecule has 2 atom stereocenters. The highest BCUT2D eigenvalue weighted by atomic mass is 35.5. The molecule has 122 valence electrons. The summed E-state index contributed by atoms with van der Waals surface area (Å²) in [5.74, 6) is 0.156. The predicted molar refractivity (Wildman–Crippen MR) is 87.3 cm³/mol. The molecule has 0 bridgehead atoms. The molecular weight excluding hydrogens is 325 g/mol. The lowest BCUT2D eigenvalue weighted by Crippen LogP contribution is -2.53. The number of carbonyl (C=O) groups excluding carboxylic acids is 1. The molecule has 2 unspecified atom stereocenters. The molecule has 1 saturated carbocycles.